The number of aryl methyl sites for hydroxylation is 3. The van der Waals surface area contributed by atoms with Crippen molar-refractivity contribution in [2.24, 2.45) is 0 Å². The van der Waals surface area contributed by atoms with Crippen LogP contribution in [0.15, 0.2) is 24.4 Å². The van der Waals surface area contributed by atoms with Crippen molar-refractivity contribution in [3.05, 3.63) is 62.4 Å². The summed E-state index contributed by atoms with van der Waals surface area (Å²) >= 11 is 11.5. The van der Waals surface area contributed by atoms with E-state index in [1.165, 1.54) is 12.3 Å². The number of carbonyl (C=O) groups is 2. The maximum absolute atomic E-state index is 12.2. The Labute approximate surface area is 144 Å². The van der Waals surface area contributed by atoms with Crippen molar-refractivity contribution in [1.29, 1.82) is 0 Å². The van der Waals surface area contributed by atoms with E-state index >= 15 is 0 Å². The van der Waals surface area contributed by atoms with Gasteiger partial charge in [-0.3, -0.25) is 4.79 Å². The molecule has 0 atom stereocenters. The predicted octanol–water partition coefficient (Wildman–Crippen LogP) is 4.35. The van der Waals surface area contributed by atoms with Gasteiger partial charge in [0.15, 0.2) is 6.61 Å². The molecule has 0 bridgehead atoms. The van der Waals surface area contributed by atoms with E-state index in [9.17, 15) is 9.59 Å². The zero-order valence-corrected chi connectivity index (χ0v) is 14.5. The minimum atomic E-state index is -0.675. The fourth-order valence-corrected chi connectivity index (χ4v) is 2.36. The SMILES string of the molecule is Cc1cc(C)c(C(=O)COC(=O)c2cnc(Cl)c(Cl)c2)cc1C. The average Bonchev–Trinajstić information content (AvgIpc) is 2.50. The highest BCUT2D eigenvalue weighted by Gasteiger charge is 2.15. The lowest BCUT2D eigenvalue weighted by molar-refractivity contribution is 0.0474. The molecule has 120 valence electrons. The molecule has 0 aliphatic rings. The lowest BCUT2D eigenvalue weighted by atomic mass is 9.98. The predicted molar refractivity (Wildman–Crippen MR) is 89.5 cm³/mol. The molecule has 0 saturated heterocycles. The third-order valence-electron chi connectivity index (χ3n) is 3.51. The number of carbonyl (C=O) groups excluding carboxylic acids is 2. The molecule has 0 spiro atoms. The number of benzene rings is 1. The average molecular weight is 352 g/mol. The molecule has 2 rings (SSSR count). The van der Waals surface area contributed by atoms with Crippen molar-refractivity contribution in [3.8, 4) is 0 Å². The number of pyridine rings is 1. The molecule has 0 N–H and O–H groups in total. The molecule has 1 aromatic heterocycles. The first-order chi connectivity index (χ1) is 10.8. The van der Waals surface area contributed by atoms with Crippen LogP contribution >= 0.6 is 23.2 Å². The molecule has 0 aliphatic carbocycles. The first-order valence-corrected chi connectivity index (χ1v) is 7.64. The van der Waals surface area contributed by atoms with Crippen LogP contribution in [0.25, 0.3) is 0 Å². The smallest absolute Gasteiger partial charge is 0.340 e. The van der Waals surface area contributed by atoms with Crippen molar-refractivity contribution >= 4 is 35.0 Å². The van der Waals surface area contributed by atoms with Gasteiger partial charge in [-0.25, -0.2) is 9.78 Å². The summed E-state index contributed by atoms with van der Waals surface area (Å²) < 4.78 is 5.03. The molecule has 2 aromatic rings. The van der Waals surface area contributed by atoms with E-state index in [2.05, 4.69) is 4.98 Å². The lowest BCUT2D eigenvalue weighted by Crippen LogP contribution is -2.15. The van der Waals surface area contributed by atoms with Gasteiger partial charge < -0.3 is 4.74 Å². The number of rotatable bonds is 4. The minimum absolute atomic E-state index is 0.102. The summed E-state index contributed by atoms with van der Waals surface area (Å²) in [6.07, 6.45) is 1.25. The van der Waals surface area contributed by atoms with Crippen LogP contribution in [0.5, 0.6) is 0 Å². The van der Waals surface area contributed by atoms with E-state index in [-0.39, 0.29) is 28.1 Å². The Balaban J connectivity index is 2.08. The topological polar surface area (TPSA) is 56.3 Å². The molecule has 1 aromatic carbocycles. The van der Waals surface area contributed by atoms with Crippen LogP contribution in [-0.4, -0.2) is 23.3 Å². The van der Waals surface area contributed by atoms with E-state index in [1.807, 2.05) is 32.9 Å². The summed E-state index contributed by atoms with van der Waals surface area (Å²) in [5, 5.41) is 0.252. The molecule has 1 heterocycles. The van der Waals surface area contributed by atoms with E-state index in [4.69, 9.17) is 27.9 Å². The van der Waals surface area contributed by atoms with Gasteiger partial charge in [0.25, 0.3) is 0 Å². The van der Waals surface area contributed by atoms with Crippen LogP contribution in [0.2, 0.25) is 10.2 Å². The van der Waals surface area contributed by atoms with Gasteiger partial charge in [-0.1, -0.05) is 29.3 Å². The summed E-state index contributed by atoms with van der Waals surface area (Å²) in [5.74, 6) is -0.933. The van der Waals surface area contributed by atoms with E-state index in [0.717, 1.165) is 16.7 Å². The van der Waals surface area contributed by atoms with Gasteiger partial charge in [0, 0.05) is 11.8 Å². The van der Waals surface area contributed by atoms with Crippen molar-refractivity contribution in [2.75, 3.05) is 6.61 Å². The molecule has 0 unspecified atom stereocenters. The Morgan fingerprint density at radius 1 is 1.04 bits per heavy atom. The van der Waals surface area contributed by atoms with Gasteiger partial charge in [0.2, 0.25) is 5.78 Å². The Kier molecular flexibility index (Phi) is 5.39. The third-order valence-corrected chi connectivity index (χ3v) is 4.19. The first-order valence-electron chi connectivity index (χ1n) is 6.89. The Hall–Kier alpha value is -1.91. The highest BCUT2D eigenvalue weighted by atomic mass is 35.5. The molecular formula is C17H15Cl2NO3. The number of aromatic nitrogens is 1. The van der Waals surface area contributed by atoms with Crippen LogP contribution in [0.4, 0.5) is 0 Å². The second-order valence-electron chi connectivity index (χ2n) is 5.25. The van der Waals surface area contributed by atoms with Gasteiger partial charge in [0.05, 0.1) is 10.6 Å². The molecule has 0 radical (unpaired) electrons. The van der Waals surface area contributed by atoms with Crippen LogP contribution < -0.4 is 0 Å². The highest BCUT2D eigenvalue weighted by Crippen LogP contribution is 2.20. The normalized spacial score (nSPS) is 10.5. The quantitative estimate of drug-likeness (QED) is 0.466. The minimum Gasteiger partial charge on any atom is -0.454 e. The number of nitrogens with zero attached hydrogens (tertiary/aromatic N) is 1. The molecule has 0 amide bonds. The second-order valence-corrected chi connectivity index (χ2v) is 6.01. The number of halogens is 2. The second kappa shape index (κ2) is 7.11. The number of esters is 1. The maximum Gasteiger partial charge on any atom is 0.340 e. The molecule has 6 heteroatoms. The first kappa shape index (κ1) is 17.4. The monoisotopic (exact) mass is 351 g/mol. The summed E-state index contributed by atoms with van der Waals surface area (Å²) in [5.41, 5.74) is 3.67. The molecular weight excluding hydrogens is 337 g/mol. The van der Waals surface area contributed by atoms with Gasteiger partial charge >= 0.3 is 5.97 Å². The number of hydrogen-bond donors (Lipinski definition) is 0. The summed E-state index contributed by atoms with van der Waals surface area (Å²) in [7, 11) is 0. The number of hydrogen-bond acceptors (Lipinski definition) is 4. The van der Waals surface area contributed by atoms with E-state index in [0.29, 0.717) is 5.56 Å². The van der Waals surface area contributed by atoms with Crippen LogP contribution in [0.1, 0.15) is 37.4 Å². The standard InChI is InChI=1S/C17H15Cl2NO3/c1-9-4-11(3)13(5-10(9)2)15(21)8-23-17(22)12-6-14(18)16(19)20-7-12/h4-7H,8H2,1-3H3. The van der Waals surface area contributed by atoms with Gasteiger partial charge in [-0.2, -0.15) is 0 Å². The Bertz CT molecular complexity index is 788. The fraction of sp³-hybridized carbons (Fsp3) is 0.235. The van der Waals surface area contributed by atoms with Crippen molar-refractivity contribution in [2.45, 2.75) is 20.8 Å². The van der Waals surface area contributed by atoms with Crippen molar-refractivity contribution in [1.82, 2.24) is 4.98 Å². The third kappa shape index (κ3) is 4.09. The Morgan fingerprint density at radius 3 is 2.35 bits per heavy atom. The lowest BCUT2D eigenvalue weighted by Gasteiger charge is -2.09. The molecule has 0 fully saturated rings. The maximum atomic E-state index is 12.2. The Morgan fingerprint density at radius 2 is 1.70 bits per heavy atom. The largest absolute Gasteiger partial charge is 0.454 e. The zero-order chi connectivity index (χ0) is 17.1. The summed E-state index contributed by atoms with van der Waals surface area (Å²) in [6, 6.07) is 5.10. The van der Waals surface area contributed by atoms with Gasteiger partial charge in [0.1, 0.15) is 5.15 Å². The molecule has 0 saturated carbocycles. The van der Waals surface area contributed by atoms with Crippen LogP contribution in [0, 0.1) is 20.8 Å². The van der Waals surface area contributed by atoms with Crippen molar-refractivity contribution in [3.63, 3.8) is 0 Å². The number of ketones is 1. The van der Waals surface area contributed by atoms with Crippen LogP contribution in [-0.2, 0) is 4.74 Å². The van der Waals surface area contributed by atoms with Crippen molar-refractivity contribution < 1.29 is 14.3 Å². The molecule has 0 aliphatic heterocycles. The van der Waals surface area contributed by atoms with Gasteiger partial charge in [-0.15, -0.1) is 0 Å². The number of Topliss-reactive ketones (excluding diaryl/α,β-unsaturated/α-hetero) is 1. The molecule has 4 nitrogen and oxygen atoms in total. The van der Waals surface area contributed by atoms with E-state index in [1.54, 1.807) is 0 Å². The van der Waals surface area contributed by atoms with E-state index < -0.39 is 5.97 Å². The summed E-state index contributed by atoms with van der Waals surface area (Å²) in [4.78, 5) is 27.9. The summed E-state index contributed by atoms with van der Waals surface area (Å²) in [6.45, 7) is 5.42. The zero-order valence-electron chi connectivity index (χ0n) is 12.9. The van der Waals surface area contributed by atoms with Gasteiger partial charge in [-0.05, 0) is 49.6 Å². The number of ether oxygens (including phenoxy) is 1. The van der Waals surface area contributed by atoms with Crippen LogP contribution in [0.3, 0.4) is 0 Å². The molecule has 23 heavy (non-hydrogen) atoms. The highest BCUT2D eigenvalue weighted by molar-refractivity contribution is 6.41. The fourth-order valence-electron chi connectivity index (χ4n) is 2.09.